The Balaban J connectivity index is 4.85. The summed E-state index contributed by atoms with van der Waals surface area (Å²) in [6.07, 6.45) is 9.70. The predicted molar refractivity (Wildman–Crippen MR) is 72.5 cm³/mol. The molecule has 0 aliphatic heterocycles. The fraction of sp³-hybridized carbons (Fsp3) is 0.857. The molecule has 1 unspecified atom stereocenters. The molecule has 0 amide bonds. The van der Waals surface area contributed by atoms with Crippen LogP contribution in [0.3, 0.4) is 0 Å². The van der Waals surface area contributed by atoms with Gasteiger partial charge < -0.3 is 10.2 Å². The average molecular weight is 224 g/mol. The summed E-state index contributed by atoms with van der Waals surface area (Å²) in [4.78, 5) is 2.33. The van der Waals surface area contributed by atoms with E-state index in [-0.39, 0.29) is 5.54 Å². The van der Waals surface area contributed by atoms with E-state index < -0.39 is 0 Å². The summed E-state index contributed by atoms with van der Waals surface area (Å²) in [6, 6.07) is 0.391. The van der Waals surface area contributed by atoms with Crippen LogP contribution in [0.4, 0.5) is 0 Å². The van der Waals surface area contributed by atoms with E-state index in [4.69, 9.17) is 6.42 Å². The summed E-state index contributed by atoms with van der Waals surface area (Å²) in [7, 11) is 4.31. The Kier molecular flexibility index (Phi) is 7.45. The van der Waals surface area contributed by atoms with E-state index in [1.54, 1.807) is 0 Å². The van der Waals surface area contributed by atoms with Gasteiger partial charge in [-0.3, -0.25) is 0 Å². The summed E-state index contributed by atoms with van der Waals surface area (Å²) in [5.74, 6) is 2.82. The van der Waals surface area contributed by atoms with Gasteiger partial charge in [-0.25, -0.2) is 0 Å². The fourth-order valence-corrected chi connectivity index (χ4v) is 2.58. The van der Waals surface area contributed by atoms with E-state index in [1.807, 2.05) is 0 Å². The van der Waals surface area contributed by atoms with E-state index in [0.29, 0.717) is 6.04 Å². The quantitative estimate of drug-likeness (QED) is 0.637. The second kappa shape index (κ2) is 7.70. The molecule has 1 atom stereocenters. The highest BCUT2D eigenvalue weighted by atomic mass is 15.2. The van der Waals surface area contributed by atoms with Crippen LogP contribution >= 0.6 is 0 Å². The number of nitrogens with one attached hydrogen (secondary N) is 1. The van der Waals surface area contributed by atoms with Gasteiger partial charge in [-0.2, -0.15) is 0 Å². The Morgan fingerprint density at radius 2 is 1.81 bits per heavy atom. The zero-order valence-corrected chi connectivity index (χ0v) is 11.6. The van der Waals surface area contributed by atoms with E-state index in [9.17, 15) is 0 Å². The minimum absolute atomic E-state index is 0.182. The first kappa shape index (κ1) is 15.5. The van der Waals surface area contributed by atoms with Gasteiger partial charge in [0.25, 0.3) is 0 Å². The van der Waals surface area contributed by atoms with Crippen LogP contribution in [0.15, 0.2) is 0 Å². The third-order valence-corrected chi connectivity index (χ3v) is 3.73. The molecule has 1 N–H and O–H groups in total. The Bertz CT molecular complexity index is 211. The lowest BCUT2D eigenvalue weighted by atomic mass is 9.81. The monoisotopic (exact) mass is 224 g/mol. The summed E-state index contributed by atoms with van der Waals surface area (Å²) in [5.41, 5.74) is 0.182. The van der Waals surface area contributed by atoms with Crippen LogP contribution in [0.1, 0.15) is 46.5 Å². The highest BCUT2D eigenvalue weighted by molar-refractivity contribution is 5.03. The Morgan fingerprint density at radius 1 is 1.25 bits per heavy atom. The molecule has 16 heavy (non-hydrogen) atoms. The van der Waals surface area contributed by atoms with Gasteiger partial charge in [-0.05, 0) is 39.9 Å². The molecule has 0 bridgehead atoms. The van der Waals surface area contributed by atoms with E-state index in [0.717, 1.165) is 32.2 Å². The summed E-state index contributed by atoms with van der Waals surface area (Å²) in [5, 5.41) is 3.61. The largest absolute Gasteiger partial charge is 0.311 e. The molecule has 2 heteroatoms. The molecule has 0 heterocycles. The van der Waals surface area contributed by atoms with Crippen molar-refractivity contribution in [1.29, 1.82) is 0 Å². The summed E-state index contributed by atoms with van der Waals surface area (Å²) >= 11 is 0. The van der Waals surface area contributed by atoms with Crippen LogP contribution in [0.25, 0.3) is 0 Å². The van der Waals surface area contributed by atoms with Crippen molar-refractivity contribution in [1.82, 2.24) is 10.2 Å². The van der Waals surface area contributed by atoms with E-state index in [1.165, 1.54) is 0 Å². The molecule has 0 aromatic rings. The molecule has 0 rings (SSSR count). The average Bonchev–Trinajstić information content (AvgIpc) is 2.27. The van der Waals surface area contributed by atoms with Gasteiger partial charge in [0.15, 0.2) is 0 Å². The molecular weight excluding hydrogens is 196 g/mol. The third-order valence-electron chi connectivity index (χ3n) is 3.73. The van der Waals surface area contributed by atoms with Crippen molar-refractivity contribution < 1.29 is 0 Å². The summed E-state index contributed by atoms with van der Waals surface area (Å²) in [6.45, 7) is 7.73. The minimum atomic E-state index is 0.182. The van der Waals surface area contributed by atoms with Crippen molar-refractivity contribution in [3.63, 3.8) is 0 Å². The second-order valence-corrected chi connectivity index (χ2v) is 4.62. The molecule has 0 aliphatic rings. The zero-order valence-electron chi connectivity index (χ0n) is 11.6. The van der Waals surface area contributed by atoms with Gasteiger partial charge in [0.1, 0.15) is 0 Å². The number of rotatable bonds is 8. The maximum absolute atomic E-state index is 5.50. The number of likely N-dealkylation sites (N-methyl/N-ethyl adjacent to an activating group) is 1. The smallest absolute Gasteiger partial charge is 0.0361 e. The van der Waals surface area contributed by atoms with E-state index >= 15 is 0 Å². The van der Waals surface area contributed by atoms with Crippen molar-refractivity contribution in [2.45, 2.75) is 58.0 Å². The molecule has 0 radical (unpaired) electrons. The van der Waals surface area contributed by atoms with Crippen LogP contribution in [-0.2, 0) is 0 Å². The highest BCUT2D eigenvalue weighted by Crippen LogP contribution is 2.27. The third kappa shape index (κ3) is 3.50. The van der Waals surface area contributed by atoms with E-state index in [2.05, 4.69) is 51.0 Å². The van der Waals surface area contributed by atoms with Gasteiger partial charge in [0.05, 0.1) is 0 Å². The van der Waals surface area contributed by atoms with Crippen molar-refractivity contribution in [2.24, 2.45) is 0 Å². The van der Waals surface area contributed by atoms with Crippen molar-refractivity contribution in [3.8, 4) is 12.3 Å². The first-order chi connectivity index (χ1) is 7.58. The molecular formula is C14H28N2. The normalized spacial score (nSPS) is 13.8. The first-order valence-corrected chi connectivity index (χ1v) is 6.43. The second-order valence-electron chi connectivity index (χ2n) is 4.62. The van der Waals surface area contributed by atoms with Gasteiger partial charge in [-0.1, -0.05) is 20.8 Å². The van der Waals surface area contributed by atoms with Gasteiger partial charge in [0.2, 0.25) is 0 Å². The molecule has 94 valence electrons. The Hall–Kier alpha value is -0.520. The van der Waals surface area contributed by atoms with Crippen LogP contribution in [0.5, 0.6) is 0 Å². The SMILES string of the molecule is C#CCC(NCCC)C(CC)(CC)N(C)C. The van der Waals surface area contributed by atoms with Crippen LogP contribution < -0.4 is 5.32 Å². The Morgan fingerprint density at radius 3 is 2.12 bits per heavy atom. The van der Waals surface area contributed by atoms with Gasteiger partial charge in [-0.15, -0.1) is 12.3 Å². The standard InChI is InChI=1S/C14H28N2/c1-7-11-13(15-12-8-2)14(9-3,10-4)16(5)6/h1,13,15H,8-12H2,2-6H3. The number of hydrogen-bond donors (Lipinski definition) is 1. The topological polar surface area (TPSA) is 15.3 Å². The molecule has 0 saturated heterocycles. The number of nitrogens with zero attached hydrogens (tertiary/aromatic N) is 1. The van der Waals surface area contributed by atoms with Gasteiger partial charge >= 0.3 is 0 Å². The lowest BCUT2D eigenvalue weighted by molar-refractivity contribution is 0.0903. The van der Waals surface area contributed by atoms with Crippen molar-refractivity contribution in [3.05, 3.63) is 0 Å². The molecule has 0 aromatic carbocycles. The first-order valence-electron chi connectivity index (χ1n) is 6.43. The summed E-state index contributed by atoms with van der Waals surface area (Å²) < 4.78 is 0. The highest BCUT2D eigenvalue weighted by Gasteiger charge is 2.36. The molecule has 0 aromatic heterocycles. The molecule has 0 saturated carbocycles. The number of hydrogen-bond acceptors (Lipinski definition) is 2. The van der Waals surface area contributed by atoms with Crippen LogP contribution in [0, 0.1) is 12.3 Å². The molecule has 0 spiro atoms. The lowest BCUT2D eigenvalue weighted by Crippen LogP contribution is -2.58. The Labute approximate surface area is 102 Å². The van der Waals surface area contributed by atoms with Crippen LogP contribution in [0.2, 0.25) is 0 Å². The number of terminal acetylenes is 1. The minimum Gasteiger partial charge on any atom is -0.311 e. The van der Waals surface area contributed by atoms with Crippen molar-refractivity contribution in [2.75, 3.05) is 20.6 Å². The molecule has 2 nitrogen and oxygen atoms in total. The zero-order chi connectivity index (χ0) is 12.6. The van der Waals surface area contributed by atoms with Gasteiger partial charge in [0, 0.05) is 18.0 Å². The maximum Gasteiger partial charge on any atom is 0.0361 e. The maximum atomic E-state index is 5.50. The molecule has 0 fully saturated rings. The van der Waals surface area contributed by atoms with Crippen LogP contribution in [-0.4, -0.2) is 37.1 Å². The predicted octanol–water partition coefficient (Wildman–Crippen LogP) is 2.50. The lowest BCUT2D eigenvalue weighted by Gasteiger charge is -2.45. The molecule has 0 aliphatic carbocycles. The fourth-order valence-electron chi connectivity index (χ4n) is 2.58. The van der Waals surface area contributed by atoms with Crippen molar-refractivity contribution >= 4 is 0 Å².